The van der Waals surface area contributed by atoms with Gasteiger partial charge in [-0.1, -0.05) is 27.7 Å². The molecular weight excluding hydrogens is 216 g/mol. The van der Waals surface area contributed by atoms with Gasteiger partial charge in [0, 0.05) is 11.8 Å². The zero-order valence-corrected chi connectivity index (χ0v) is 11.8. The van der Waals surface area contributed by atoms with Crippen LogP contribution in [0.2, 0.25) is 0 Å². The minimum atomic E-state index is -0.663. The monoisotopic (exact) mass is 242 g/mol. The topological polar surface area (TPSA) is 53.0 Å². The van der Waals surface area contributed by atoms with Crippen molar-refractivity contribution in [3.8, 4) is 0 Å². The van der Waals surface area contributed by atoms with Crippen molar-refractivity contribution in [3.63, 3.8) is 0 Å². The Bertz CT molecular complexity index is 289. The van der Waals surface area contributed by atoms with Crippen molar-refractivity contribution >= 4 is 0 Å². The van der Waals surface area contributed by atoms with Gasteiger partial charge in [-0.2, -0.15) is 0 Å². The molecule has 3 nitrogen and oxygen atoms in total. The third-order valence-electron chi connectivity index (χ3n) is 4.84. The van der Waals surface area contributed by atoms with E-state index in [1.165, 1.54) is 0 Å². The van der Waals surface area contributed by atoms with Crippen LogP contribution >= 0.6 is 0 Å². The highest BCUT2D eigenvalue weighted by molar-refractivity contribution is 5.26. The van der Waals surface area contributed by atoms with Crippen molar-refractivity contribution in [1.82, 2.24) is 0 Å². The molecule has 0 bridgehead atoms. The average Bonchev–Trinajstić information content (AvgIpc) is 2.58. The lowest BCUT2D eigenvalue weighted by atomic mass is 9.72. The molecule has 17 heavy (non-hydrogen) atoms. The van der Waals surface area contributed by atoms with Crippen molar-refractivity contribution < 1.29 is 14.9 Å². The molecule has 2 aliphatic rings. The van der Waals surface area contributed by atoms with E-state index in [1.54, 1.807) is 0 Å². The van der Waals surface area contributed by atoms with Gasteiger partial charge in [0.05, 0.1) is 17.8 Å². The van der Waals surface area contributed by atoms with Crippen LogP contribution in [0.1, 0.15) is 41.5 Å². The lowest BCUT2D eigenvalue weighted by molar-refractivity contribution is -0.0103. The maximum absolute atomic E-state index is 10.3. The minimum Gasteiger partial charge on any atom is -0.390 e. The summed E-state index contributed by atoms with van der Waals surface area (Å²) >= 11 is 0. The number of hydrogen-bond donors (Lipinski definition) is 2. The fourth-order valence-corrected chi connectivity index (χ4v) is 4.27. The molecule has 2 fully saturated rings. The molecular formula is C14H26O3. The van der Waals surface area contributed by atoms with Crippen LogP contribution in [-0.2, 0) is 4.74 Å². The van der Waals surface area contributed by atoms with E-state index in [4.69, 9.17) is 4.74 Å². The smallest absolute Gasteiger partial charge is 0.109 e. The van der Waals surface area contributed by atoms with Gasteiger partial charge >= 0.3 is 0 Å². The second-order valence-electron chi connectivity index (χ2n) is 6.93. The first-order chi connectivity index (χ1) is 7.67. The third kappa shape index (κ3) is 1.52. The van der Waals surface area contributed by atoms with Gasteiger partial charge in [-0.15, -0.1) is 0 Å². The molecule has 0 aromatic heterocycles. The van der Waals surface area contributed by atoms with Crippen LogP contribution in [0, 0.1) is 23.7 Å². The number of aliphatic hydroxyl groups excluding tert-OH is 2. The predicted octanol–water partition coefficient (Wildman–Crippen LogP) is 1.81. The van der Waals surface area contributed by atoms with Crippen molar-refractivity contribution in [2.75, 3.05) is 0 Å². The van der Waals surface area contributed by atoms with Gasteiger partial charge in [-0.05, 0) is 25.7 Å². The fraction of sp³-hybridized carbons (Fsp3) is 1.00. The predicted molar refractivity (Wildman–Crippen MR) is 66.6 cm³/mol. The van der Waals surface area contributed by atoms with E-state index in [-0.39, 0.29) is 23.0 Å². The Morgan fingerprint density at radius 2 is 1.18 bits per heavy atom. The van der Waals surface area contributed by atoms with E-state index < -0.39 is 12.2 Å². The molecule has 0 amide bonds. The molecule has 1 unspecified atom stereocenters. The first-order valence-electron chi connectivity index (χ1n) is 6.73. The highest BCUT2D eigenvalue weighted by atomic mass is 16.6. The maximum atomic E-state index is 10.3. The molecule has 0 aromatic rings. The summed E-state index contributed by atoms with van der Waals surface area (Å²) in [4.78, 5) is 0. The summed E-state index contributed by atoms with van der Waals surface area (Å²) in [5.41, 5.74) is -0.566. The van der Waals surface area contributed by atoms with Crippen LogP contribution in [0.15, 0.2) is 0 Å². The second-order valence-corrected chi connectivity index (χ2v) is 6.93. The van der Waals surface area contributed by atoms with Crippen molar-refractivity contribution in [3.05, 3.63) is 0 Å². The summed E-state index contributed by atoms with van der Waals surface area (Å²) in [6.07, 6.45) is -1.33. The highest BCUT2D eigenvalue weighted by Crippen LogP contribution is 2.66. The highest BCUT2D eigenvalue weighted by Gasteiger charge is 2.78. The lowest BCUT2D eigenvalue weighted by Gasteiger charge is -2.29. The van der Waals surface area contributed by atoms with E-state index in [1.807, 2.05) is 0 Å². The summed E-state index contributed by atoms with van der Waals surface area (Å²) in [5.74, 6) is 0.676. The fourth-order valence-electron chi connectivity index (χ4n) is 4.27. The van der Waals surface area contributed by atoms with Crippen LogP contribution < -0.4 is 0 Å². The standard InChI is InChI=1S/C14H26O3/c1-7(2)9-11(15)12(16)10(8(3)4)14(9)13(5,6)17-14/h7-12,15-16H,1-6H3/t9-,10+,11-,12+,14?. The van der Waals surface area contributed by atoms with Gasteiger partial charge in [0.1, 0.15) is 5.60 Å². The number of hydrogen-bond acceptors (Lipinski definition) is 3. The van der Waals surface area contributed by atoms with E-state index in [0.29, 0.717) is 11.8 Å². The number of epoxide rings is 1. The molecule has 100 valence electrons. The Morgan fingerprint density at radius 1 is 0.882 bits per heavy atom. The van der Waals surface area contributed by atoms with E-state index in [9.17, 15) is 10.2 Å². The normalized spacial score (nSPS) is 48.4. The quantitative estimate of drug-likeness (QED) is 0.726. The summed E-state index contributed by atoms with van der Waals surface area (Å²) in [7, 11) is 0. The molecule has 5 atom stereocenters. The Labute approximate surface area is 104 Å². The van der Waals surface area contributed by atoms with Gasteiger partial charge in [0.25, 0.3) is 0 Å². The Morgan fingerprint density at radius 3 is 1.35 bits per heavy atom. The first-order valence-corrected chi connectivity index (χ1v) is 6.73. The minimum absolute atomic E-state index is 0.0277. The zero-order chi connectivity index (χ0) is 13.2. The Hall–Kier alpha value is -0.120. The van der Waals surface area contributed by atoms with Crippen molar-refractivity contribution in [1.29, 1.82) is 0 Å². The van der Waals surface area contributed by atoms with E-state index >= 15 is 0 Å². The molecule has 2 rings (SSSR count). The molecule has 2 N–H and O–H groups in total. The molecule has 1 saturated carbocycles. The molecule has 1 aliphatic carbocycles. The number of aliphatic hydroxyl groups is 2. The largest absolute Gasteiger partial charge is 0.390 e. The first kappa shape index (κ1) is 13.3. The van der Waals surface area contributed by atoms with Gasteiger partial charge in [0.15, 0.2) is 0 Å². The average molecular weight is 242 g/mol. The maximum Gasteiger partial charge on any atom is 0.109 e. The van der Waals surface area contributed by atoms with E-state index in [2.05, 4.69) is 41.5 Å². The van der Waals surface area contributed by atoms with Gasteiger partial charge in [-0.3, -0.25) is 0 Å². The molecule has 1 heterocycles. The summed E-state index contributed by atoms with van der Waals surface area (Å²) in [6, 6.07) is 0. The third-order valence-corrected chi connectivity index (χ3v) is 4.84. The van der Waals surface area contributed by atoms with Crippen molar-refractivity contribution in [2.45, 2.75) is 65.0 Å². The van der Waals surface area contributed by atoms with Crippen LogP contribution in [-0.4, -0.2) is 33.6 Å². The lowest BCUT2D eigenvalue weighted by Crippen LogP contribution is -2.39. The SMILES string of the molecule is CC(C)[C@@H]1[C@@H](O)[C@@H](O)[C@H](C(C)C)C12OC2(C)C. The van der Waals surface area contributed by atoms with Crippen LogP contribution in [0.4, 0.5) is 0 Å². The summed E-state index contributed by atoms with van der Waals surface area (Å²) in [5, 5.41) is 20.7. The summed E-state index contributed by atoms with van der Waals surface area (Å²) in [6.45, 7) is 12.5. The Balaban J connectivity index is 2.43. The molecule has 1 saturated heterocycles. The number of ether oxygens (including phenoxy) is 1. The summed E-state index contributed by atoms with van der Waals surface area (Å²) < 4.78 is 6.02. The van der Waals surface area contributed by atoms with Gasteiger partial charge in [0.2, 0.25) is 0 Å². The van der Waals surface area contributed by atoms with E-state index in [0.717, 1.165) is 0 Å². The van der Waals surface area contributed by atoms with Crippen LogP contribution in [0.5, 0.6) is 0 Å². The van der Waals surface area contributed by atoms with Crippen LogP contribution in [0.3, 0.4) is 0 Å². The van der Waals surface area contributed by atoms with Crippen LogP contribution in [0.25, 0.3) is 0 Å². The molecule has 1 spiro atoms. The molecule has 0 aromatic carbocycles. The van der Waals surface area contributed by atoms with Gasteiger partial charge < -0.3 is 14.9 Å². The molecule has 0 radical (unpaired) electrons. The molecule has 3 heteroatoms. The number of rotatable bonds is 2. The zero-order valence-electron chi connectivity index (χ0n) is 11.8. The van der Waals surface area contributed by atoms with Gasteiger partial charge in [-0.25, -0.2) is 0 Å². The second kappa shape index (κ2) is 3.69. The Kier molecular flexibility index (Phi) is 2.89. The van der Waals surface area contributed by atoms with Crippen molar-refractivity contribution in [2.24, 2.45) is 23.7 Å². The molecule has 1 aliphatic heterocycles.